The van der Waals surface area contributed by atoms with Crippen molar-refractivity contribution in [3.63, 3.8) is 0 Å². The van der Waals surface area contributed by atoms with Crippen LogP contribution in [0.3, 0.4) is 0 Å². The largest absolute Gasteiger partial charge is 0.478 e. The van der Waals surface area contributed by atoms with Gasteiger partial charge in [-0.1, -0.05) is 13.8 Å². The third-order valence-electron chi connectivity index (χ3n) is 6.28. The van der Waals surface area contributed by atoms with Crippen LogP contribution >= 0.6 is 11.3 Å². The van der Waals surface area contributed by atoms with Crippen LogP contribution < -0.4 is 10.2 Å². The van der Waals surface area contributed by atoms with Gasteiger partial charge in [0.05, 0.1) is 11.7 Å². The van der Waals surface area contributed by atoms with Crippen molar-refractivity contribution in [2.45, 2.75) is 51.6 Å². The zero-order chi connectivity index (χ0) is 21.4. The maximum Gasteiger partial charge on any atom is 0.339 e. The first-order valence-corrected chi connectivity index (χ1v) is 11.4. The molecule has 0 saturated carbocycles. The van der Waals surface area contributed by atoms with Gasteiger partial charge < -0.3 is 20.4 Å². The summed E-state index contributed by atoms with van der Waals surface area (Å²) < 4.78 is 0. The standard InChI is InChI=1S/C23H28N2O4S/c1-13(2)17-7-8-18-19(17)20(23(28)29)22(30-18)24-21(27)14-3-5-15(6-4-14)25-11-9-16(26)10-12-25/h3-6,13,16-17,26H,7-12H2,1-2H3,(H,24,27)(H,28,29). The smallest absolute Gasteiger partial charge is 0.339 e. The van der Waals surface area contributed by atoms with Gasteiger partial charge in [0.2, 0.25) is 0 Å². The minimum Gasteiger partial charge on any atom is -0.478 e. The van der Waals surface area contributed by atoms with E-state index in [9.17, 15) is 19.8 Å². The molecule has 0 radical (unpaired) electrons. The van der Waals surface area contributed by atoms with Crippen molar-refractivity contribution in [2.24, 2.45) is 5.92 Å². The molecular formula is C23H28N2O4S. The van der Waals surface area contributed by atoms with E-state index >= 15 is 0 Å². The van der Waals surface area contributed by atoms with Gasteiger partial charge in [-0.25, -0.2) is 4.79 Å². The summed E-state index contributed by atoms with van der Waals surface area (Å²) in [5.41, 5.74) is 2.71. The molecule has 1 aliphatic heterocycles. The number of rotatable bonds is 5. The van der Waals surface area contributed by atoms with Gasteiger partial charge in [-0.05, 0) is 67.3 Å². The number of anilines is 2. The molecule has 3 N–H and O–H groups in total. The van der Waals surface area contributed by atoms with Crippen LogP contribution in [0.25, 0.3) is 0 Å². The Kier molecular flexibility index (Phi) is 5.84. The number of thiophene rings is 1. The molecule has 1 aromatic carbocycles. The lowest BCUT2D eigenvalue weighted by atomic mass is 9.89. The molecule has 0 spiro atoms. The van der Waals surface area contributed by atoms with Crippen LogP contribution in [0.15, 0.2) is 24.3 Å². The molecule has 1 amide bonds. The topological polar surface area (TPSA) is 89.9 Å². The summed E-state index contributed by atoms with van der Waals surface area (Å²) in [5.74, 6) is -0.668. The minimum absolute atomic E-state index is 0.225. The summed E-state index contributed by atoms with van der Waals surface area (Å²) >= 11 is 1.40. The van der Waals surface area contributed by atoms with Crippen LogP contribution in [-0.2, 0) is 6.42 Å². The first-order chi connectivity index (χ1) is 14.3. The molecule has 0 bridgehead atoms. The van der Waals surface area contributed by atoms with E-state index in [1.54, 1.807) is 12.1 Å². The molecule has 7 heteroatoms. The Balaban J connectivity index is 1.52. The number of nitrogens with one attached hydrogen (secondary N) is 1. The average molecular weight is 429 g/mol. The highest BCUT2D eigenvalue weighted by Gasteiger charge is 2.35. The quantitative estimate of drug-likeness (QED) is 0.659. The fraction of sp³-hybridized carbons (Fsp3) is 0.478. The third-order valence-corrected chi connectivity index (χ3v) is 7.46. The van der Waals surface area contributed by atoms with Gasteiger partial charge >= 0.3 is 5.97 Å². The number of aliphatic hydroxyl groups excluding tert-OH is 1. The summed E-state index contributed by atoms with van der Waals surface area (Å²) in [7, 11) is 0. The number of piperidine rings is 1. The SMILES string of the molecule is CC(C)C1CCc2sc(NC(=O)c3ccc(N4CCC(O)CC4)cc3)c(C(=O)O)c21. The summed E-state index contributed by atoms with van der Waals surface area (Å²) in [6.07, 6.45) is 3.12. The Hall–Kier alpha value is -2.38. The van der Waals surface area contributed by atoms with Crippen LogP contribution in [-0.4, -0.2) is 41.3 Å². The number of benzene rings is 1. The molecule has 1 aromatic heterocycles. The van der Waals surface area contributed by atoms with Gasteiger partial charge in [-0.2, -0.15) is 0 Å². The molecule has 2 aromatic rings. The van der Waals surface area contributed by atoms with Crippen LogP contribution in [0.1, 0.15) is 70.2 Å². The van der Waals surface area contributed by atoms with E-state index in [0.717, 1.165) is 54.9 Å². The molecule has 1 atom stereocenters. The van der Waals surface area contributed by atoms with E-state index in [-0.39, 0.29) is 23.5 Å². The van der Waals surface area contributed by atoms with Gasteiger partial charge in [-0.3, -0.25) is 4.79 Å². The molecule has 160 valence electrons. The van der Waals surface area contributed by atoms with E-state index in [1.807, 2.05) is 12.1 Å². The maximum absolute atomic E-state index is 12.8. The van der Waals surface area contributed by atoms with Gasteiger partial charge in [0.1, 0.15) is 5.00 Å². The molecule has 1 aliphatic carbocycles. The second-order valence-electron chi connectivity index (χ2n) is 8.56. The van der Waals surface area contributed by atoms with Gasteiger partial charge in [-0.15, -0.1) is 11.3 Å². The fourth-order valence-electron chi connectivity index (χ4n) is 4.59. The van der Waals surface area contributed by atoms with Crippen molar-refractivity contribution in [3.05, 3.63) is 45.8 Å². The maximum atomic E-state index is 12.8. The Labute approximate surface area is 180 Å². The minimum atomic E-state index is -0.974. The number of nitrogens with zero attached hydrogens (tertiary/aromatic N) is 1. The molecule has 1 unspecified atom stereocenters. The summed E-state index contributed by atoms with van der Waals surface area (Å²) in [6, 6.07) is 7.37. The molecule has 4 rings (SSSR count). The van der Waals surface area contributed by atoms with E-state index in [1.165, 1.54) is 11.3 Å². The van der Waals surface area contributed by atoms with Crippen LogP contribution in [0.5, 0.6) is 0 Å². The van der Waals surface area contributed by atoms with E-state index in [0.29, 0.717) is 16.5 Å². The summed E-state index contributed by atoms with van der Waals surface area (Å²) in [6.45, 7) is 5.83. The van der Waals surface area contributed by atoms with Crippen LogP contribution in [0.4, 0.5) is 10.7 Å². The number of carbonyl (C=O) groups excluding carboxylic acids is 1. The van der Waals surface area contributed by atoms with Crippen molar-refractivity contribution in [3.8, 4) is 0 Å². The van der Waals surface area contributed by atoms with Gasteiger partial charge in [0.15, 0.2) is 0 Å². The number of hydrogen-bond acceptors (Lipinski definition) is 5. The molecule has 2 aliphatic rings. The van der Waals surface area contributed by atoms with Crippen molar-refractivity contribution in [1.29, 1.82) is 0 Å². The van der Waals surface area contributed by atoms with E-state index in [4.69, 9.17) is 0 Å². The summed E-state index contributed by atoms with van der Waals surface area (Å²) in [5, 5.41) is 22.8. The number of carboxylic acids is 1. The summed E-state index contributed by atoms with van der Waals surface area (Å²) in [4.78, 5) is 28.1. The number of aryl methyl sites for hydroxylation is 1. The van der Waals surface area contributed by atoms with E-state index < -0.39 is 5.97 Å². The number of aromatic carboxylic acids is 1. The lowest BCUT2D eigenvalue weighted by Crippen LogP contribution is -2.35. The normalized spacial score (nSPS) is 19.2. The lowest BCUT2D eigenvalue weighted by molar-refractivity contribution is 0.0696. The number of hydrogen-bond donors (Lipinski definition) is 3. The zero-order valence-electron chi connectivity index (χ0n) is 17.4. The number of carbonyl (C=O) groups is 2. The molecule has 30 heavy (non-hydrogen) atoms. The first-order valence-electron chi connectivity index (χ1n) is 10.6. The monoisotopic (exact) mass is 428 g/mol. The highest BCUT2D eigenvalue weighted by atomic mass is 32.1. The Bertz CT molecular complexity index is 943. The number of carboxylic acid groups (broad SMARTS) is 1. The van der Waals surface area contributed by atoms with Crippen molar-refractivity contribution >= 4 is 33.9 Å². The van der Waals surface area contributed by atoms with Crippen LogP contribution in [0.2, 0.25) is 0 Å². The molecule has 1 saturated heterocycles. The molecular weight excluding hydrogens is 400 g/mol. The highest BCUT2D eigenvalue weighted by molar-refractivity contribution is 7.17. The van der Waals surface area contributed by atoms with Crippen molar-refractivity contribution in [2.75, 3.05) is 23.3 Å². The first kappa shape index (κ1) is 20.9. The zero-order valence-corrected chi connectivity index (χ0v) is 18.2. The fourth-order valence-corrected chi connectivity index (χ4v) is 5.86. The highest BCUT2D eigenvalue weighted by Crippen LogP contribution is 2.47. The third kappa shape index (κ3) is 3.96. The predicted molar refractivity (Wildman–Crippen MR) is 119 cm³/mol. The molecule has 6 nitrogen and oxygen atoms in total. The van der Waals surface area contributed by atoms with Crippen molar-refractivity contribution in [1.82, 2.24) is 0 Å². The van der Waals surface area contributed by atoms with Gasteiger partial charge in [0.25, 0.3) is 5.91 Å². The number of aliphatic hydroxyl groups is 1. The molecule has 1 fully saturated rings. The Morgan fingerprint density at radius 2 is 1.80 bits per heavy atom. The Morgan fingerprint density at radius 3 is 2.40 bits per heavy atom. The van der Waals surface area contributed by atoms with Crippen molar-refractivity contribution < 1.29 is 19.8 Å². The van der Waals surface area contributed by atoms with Crippen LogP contribution in [0, 0.1) is 5.92 Å². The van der Waals surface area contributed by atoms with E-state index in [2.05, 4.69) is 24.1 Å². The predicted octanol–water partition coefficient (Wildman–Crippen LogP) is 4.35. The molecule has 2 heterocycles. The van der Waals surface area contributed by atoms with Gasteiger partial charge in [0, 0.05) is 29.2 Å². The number of amides is 1. The average Bonchev–Trinajstić information content (AvgIpc) is 3.27. The second kappa shape index (κ2) is 8.40. The lowest BCUT2D eigenvalue weighted by Gasteiger charge is -2.31. The Morgan fingerprint density at radius 1 is 1.13 bits per heavy atom. The number of fused-ring (bicyclic) bond motifs is 1. The second-order valence-corrected chi connectivity index (χ2v) is 9.66.